The van der Waals surface area contributed by atoms with E-state index in [2.05, 4.69) is 25.3 Å². The molecule has 0 radical (unpaired) electrons. The molecule has 0 saturated carbocycles. The van der Waals surface area contributed by atoms with E-state index in [0.29, 0.717) is 29.8 Å². The molecule has 0 fully saturated rings. The van der Waals surface area contributed by atoms with Gasteiger partial charge in [0.25, 0.3) is 0 Å². The van der Waals surface area contributed by atoms with E-state index in [-0.39, 0.29) is 5.84 Å². The molecule has 0 aliphatic carbocycles. The van der Waals surface area contributed by atoms with E-state index in [1.54, 1.807) is 18.5 Å². The van der Waals surface area contributed by atoms with E-state index in [4.69, 9.17) is 11.1 Å². The Hall–Kier alpha value is -2.80. The van der Waals surface area contributed by atoms with Crippen LogP contribution in [0.1, 0.15) is 17.1 Å². The number of hydrogen-bond donors (Lipinski definition) is 4. The van der Waals surface area contributed by atoms with E-state index in [1.807, 2.05) is 18.2 Å². The fourth-order valence-corrected chi connectivity index (χ4v) is 2.08. The van der Waals surface area contributed by atoms with E-state index in [1.165, 1.54) is 0 Å². The first kappa shape index (κ1) is 13.2. The summed E-state index contributed by atoms with van der Waals surface area (Å²) >= 11 is 0. The highest BCUT2D eigenvalue weighted by molar-refractivity contribution is 6.04. The minimum Gasteiger partial charge on any atom is -0.384 e. The van der Waals surface area contributed by atoms with E-state index in [0.717, 1.165) is 11.5 Å². The third kappa shape index (κ3) is 2.87. The van der Waals surface area contributed by atoms with Crippen molar-refractivity contribution in [2.75, 3.05) is 0 Å². The highest BCUT2D eigenvalue weighted by Crippen LogP contribution is 2.13. The molecule has 106 valence electrons. The molecule has 0 aliphatic heterocycles. The molecule has 0 atom stereocenters. The lowest BCUT2D eigenvalue weighted by Gasteiger charge is -2.01. The summed E-state index contributed by atoms with van der Waals surface area (Å²) in [6.07, 6.45) is 3.37. The Morgan fingerprint density at radius 1 is 1.19 bits per heavy atom. The standard InChI is InChI=1S/C14H15N7/c15-13(16)10-4-6-19-14-12(10)20-11(21-14)8-17-7-9-3-1-2-5-18-9/h1-6,17H,7-8H2,(H3,15,16)(H,19,20,21). The summed E-state index contributed by atoms with van der Waals surface area (Å²) in [7, 11) is 0. The predicted molar refractivity (Wildman–Crippen MR) is 79.7 cm³/mol. The predicted octanol–water partition coefficient (Wildman–Crippen LogP) is 0.927. The largest absolute Gasteiger partial charge is 0.384 e. The molecule has 7 nitrogen and oxygen atoms in total. The molecule has 7 heteroatoms. The molecule has 0 unspecified atom stereocenters. The maximum atomic E-state index is 7.56. The second-order valence-electron chi connectivity index (χ2n) is 4.58. The van der Waals surface area contributed by atoms with Crippen LogP contribution in [0.4, 0.5) is 0 Å². The van der Waals surface area contributed by atoms with Crippen LogP contribution in [-0.2, 0) is 13.1 Å². The van der Waals surface area contributed by atoms with Gasteiger partial charge in [-0.05, 0) is 18.2 Å². The van der Waals surface area contributed by atoms with Crippen molar-refractivity contribution in [3.8, 4) is 0 Å². The van der Waals surface area contributed by atoms with E-state index >= 15 is 0 Å². The van der Waals surface area contributed by atoms with Crippen LogP contribution >= 0.6 is 0 Å². The molecule has 3 rings (SSSR count). The molecule has 0 saturated heterocycles. The van der Waals surface area contributed by atoms with Crippen molar-refractivity contribution < 1.29 is 0 Å². The number of nitrogen functional groups attached to an aromatic ring is 1. The van der Waals surface area contributed by atoms with Gasteiger partial charge in [-0.2, -0.15) is 0 Å². The molecule has 3 heterocycles. The highest BCUT2D eigenvalue weighted by Gasteiger charge is 2.09. The number of pyridine rings is 2. The fraction of sp³-hybridized carbons (Fsp3) is 0.143. The monoisotopic (exact) mass is 281 g/mol. The SMILES string of the molecule is N=C(N)c1ccnc2nc(CNCc3ccccn3)[nH]c12. The van der Waals surface area contributed by atoms with Crippen LogP contribution in [0.3, 0.4) is 0 Å². The molecule has 0 spiro atoms. The van der Waals surface area contributed by atoms with Gasteiger partial charge in [0.05, 0.1) is 17.8 Å². The van der Waals surface area contributed by atoms with Crippen molar-refractivity contribution >= 4 is 17.0 Å². The van der Waals surface area contributed by atoms with Crippen LogP contribution in [0.25, 0.3) is 11.2 Å². The quantitative estimate of drug-likeness (QED) is 0.410. The summed E-state index contributed by atoms with van der Waals surface area (Å²) in [5.74, 6) is 0.751. The summed E-state index contributed by atoms with van der Waals surface area (Å²) in [5, 5.41) is 10.8. The molecular weight excluding hydrogens is 266 g/mol. The van der Waals surface area contributed by atoms with E-state index < -0.39 is 0 Å². The number of imidazole rings is 1. The number of hydrogen-bond acceptors (Lipinski definition) is 5. The summed E-state index contributed by atoms with van der Waals surface area (Å²) < 4.78 is 0. The van der Waals surface area contributed by atoms with Gasteiger partial charge in [0, 0.05) is 24.5 Å². The maximum Gasteiger partial charge on any atom is 0.178 e. The van der Waals surface area contributed by atoms with Gasteiger partial charge in [-0.3, -0.25) is 10.4 Å². The van der Waals surface area contributed by atoms with Crippen molar-refractivity contribution in [1.29, 1.82) is 5.41 Å². The lowest BCUT2D eigenvalue weighted by atomic mass is 10.2. The number of nitrogens with one attached hydrogen (secondary N) is 3. The van der Waals surface area contributed by atoms with Gasteiger partial charge in [0.15, 0.2) is 5.65 Å². The number of aromatic amines is 1. The average molecular weight is 281 g/mol. The number of aromatic nitrogens is 4. The minimum atomic E-state index is -0.000885. The smallest absolute Gasteiger partial charge is 0.178 e. The maximum absolute atomic E-state index is 7.56. The molecule has 0 amide bonds. The van der Waals surface area contributed by atoms with Gasteiger partial charge in [-0.1, -0.05) is 6.07 Å². The van der Waals surface area contributed by atoms with Crippen molar-refractivity contribution in [3.63, 3.8) is 0 Å². The van der Waals surface area contributed by atoms with Gasteiger partial charge in [-0.25, -0.2) is 9.97 Å². The lowest BCUT2D eigenvalue weighted by Crippen LogP contribution is -2.14. The van der Waals surface area contributed by atoms with Crippen LogP contribution in [-0.4, -0.2) is 25.8 Å². The van der Waals surface area contributed by atoms with Crippen molar-refractivity contribution in [3.05, 3.63) is 53.7 Å². The average Bonchev–Trinajstić information content (AvgIpc) is 2.90. The number of amidine groups is 1. The van der Waals surface area contributed by atoms with Crippen molar-refractivity contribution in [2.24, 2.45) is 5.73 Å². The first-order valence-corrected chi connectivity index (χ1v) is 6.52. The number of H-pyrrole nitrogens is 1. The number of fused-ring (bicyclic) bond motifs is 1. The number of rotatable bonds is 5. The molecule has 0 aliphatic rings. The summed E-state index contributed by atoms with van der Waals surface area (Å²) in [6.45, 7) is 1.22. The summed E-state index contributed by atoms with van der Waals surface area (Å²) in [6, 6.07) is 7.50. The topological polar surface area (TPSA) is 116 Å². The number of nitrogens with two attached hydrogens (primary N) is 1. The van der Waals surface area contributed by atoms with Gasteiger partial charge in [-0.15, -0.1) is 0 Å². The first-order valence-electron chi connectivity index (χ1n) is 6.52. The van der Waals surface area contributed by atoms with Crippen LogP contribution in [0.15, 0.2) is 36.7 Å². The molecule has 0 bridgehead atoms. The zero-order valence-electron chi connectivity index (χ0n) is 11.3. The molecule has 3 aromatic heterocycles. The Balaban J connectivity index is 1.73. The Labute approximate surface area is 121 Å². The Morgan fingerprint density at radius 3 is 2.86 bits per heavy atom. The molecule has 3 aromatic rings. The Morgan fingerprint density at radius 2 is 2.10 bits per heavy atom. The Bertz CT molecular complexity index is 763. The second-order valence-corrected chi connectivity index (χ2v) is 4.58. The first-order chi connectivity index (χ1) is 10.2. The third-order valence-corrected chi connectivity index (χ3v) is 3.06. The molecule has 0 aromatic carbocycles. The summed E-state index contributed by atoms with van der Waals surface area (Å²) in [5.41, 5.74) is 8.39. The number of nitrogens with zero attached hydrogens (tertiary/aromatic N) is 3. The van der Waals surface area contributed by atoms with E-state index in [9.17, 15) is 0 Å². The Kier molecular flexibility index (Phi) is 3.57. The minimum absolute atomic E-state index is 0.000885. The van der Waals surface area contributed by atoms with Gasteiger partial charge < -0.3 is 16.0 Å². The molecule has 5 N–H and O–H groups in total. The fourth-order valence-electron chi connectivity index (χ4n) is 2.08. The van der Waals surface area contributed by atoms with Crippen LogP contribution in [0, 0.1) is 5.41 Å². The zero-order chi connectivity index (χ0) is 14.7. The highest BCUT2D eigenvalue weighted by atomic mass is 15.0. The van der Waals surface area contributed by atoms with Crippen LogP contribution < -0.4 is 11.1 Å². The second kappa shape index (κ2) is 5.68. The van der Waals surface area contributed by atoms with Gasteiger partial charge in [0.2, 0.25) is 0 Å². The summed E-state index contributed by atoms with van der Waals surface area (Å²) in [4.78, 5) is 16.0. The zero-order valence-corrected chi connectivity index (χ0v) is 11.3. The normalized spacial score (nSPS) is 10.9. The molecule has 21 heavy (non-hydrogen) atoms. The van der Waals surface area contributed by atoms with Crippen LogP contribution in [0.2, 0.25) is 0 Å². The van der Waals surface area contributed by atoms with Gasteiger partial charge in [0.1, 0.15) is 11.7 Å². The third-order valence-electron chi connectivity index (χ3n) is 3.06. The van der Waals surface area contributed by atoms with Crippen LogP contribution in [0.5, 0.6) is 0 Å². The molecular formula is C14H15N7. The van der Waals surface area contributed by atoms with Crippen molar-refractivity contribution in [2.45, 2.75) is 13.1 Å². The van der Waals surface area contributed by atoms with Crippen molar-refractivity contribution in [1.82, 2.24) is 25.3 Å². The van der Waals surface area contributed by atoms with Gasteiger partial charge >= 0.3 is 0 Å². The lowest BCUT2D eigenvalue weighted by molar-refractivity contribution is 0.659.